The van der Waals surface area contributed by atoms with E-state index in [-0.39, 0.29) is 23.0 Å². The fourth-order valence-corrected chi connectivity index (χ4v) is 3.96. The Morgan fingerprint density at radius 1 is 1.21 bits per heavy atom. The lowest BCUT2D eigenvalue weighted by molar-refractivity contribution is 0.0184. The van der Waals surface area contributed by atoms with Crippen LogP contribution in [0.15, 0.2) is 30.5 Å². The predicted molar refractivity (Wildman–Crippen MR) is 128 cm³/mol. The topological polar surface area (TPSA) is 123 Å². The van der Waals surface area contributed by atoms with Crippen molar-refractivity contribution in [3.05, 3.63) is 47.3 Å². The molecule has 0 aliphatic carbocycles. The predicted octanol–water partition coefficient (Wildman–Crippen LogP) is 3.45. The van der Waals surface area contributed by atoms with Crippen molar-refractivity contribution in [1.82, 2.24) is 14.8 Å². The highest BCUT2D eigenvalue weighted by atomic mass is 16.6. The number of esters is 1. The number of nitrogen functional groups attached to an aromatic ring is 1. The van der Waals surface area contributed by atoms with E-state index in [0.717, 1.165) is 24.9 Å². The van der Waals surface area contributed by atoms with Crippen molar-refractivity contribution >= 4 is 17.7 Å². The molecule has 0 atom stereocenters. The monoisotopic (exact) mass is 467 g/mol. The molecule has 3 N–H and O–H groups in total. The summed E-state index contributed by atoms with van der Waals surface area (Å²) < 4.78 is 11.9. The third kappa shape index (κ3) is 6.08. The van der Waals surface area contributed by atoms with Crippen LogP contribution in [-0.4, -0.2) is 53.9 Å². The highest BCUT2D eigenvalue weighted by Gasteiger charge is 2.26. The number of rotatable bonds is 6. The summed E-state index contributed by atoms with van der Waals surface area (Å²) in [7, 11) is 1.28. The van der Waals surface area contributed by atoms with E-state index >= 15 is 0 Å². The lowest BCUT2D eigenvalue weighted by Gasteiger charge is -2.33. The first-order valence-electron chi connectivity index (χ1n) is 11.4. The molecule has 182 valence electrons. The summed E-state index contributed by atoms with van der Waals surface area (Å²) >= 11 is 0. The molecule has 1 fully saturated rings. The molecule has 1 amide bonds. The second kappa shape index (κ2) is 10.6. The van der Waals surface area contributed by atoms with Crippen LogP contribution < -0.4 is 11.1 Å². The molecule has 1 aromatic carbocycles. The van der Waals surface area contributed by atoms with Gasteiger partial charge in [-0.2, -0.15) is 5.26 Å². The van der Waals surface area contributed by atoms with Crippen LogP contribution in [0.5, 0.6) is 0 Å². The number of benzene rings is 1. The summed E-state index contributed by atoms with van der Waals surface area (Å²) in [6, 6.07) is 9.70. The number of nitrogens with zero attached hydrogens (tertiary/aromatic N) is 3. The summed E-state index contributed by atoms with van der Waals surface area (Å²) in [4.78, 5) is 26.2. The quantitative estimate of drug-likeness (QED) is 0.624. The molecular formula is C25H33N5O4. The number of ether oxygens (including phenoxy) is 2. The van der Waals surface area contributed by atoms with E-state index in [1.54, 1.807) is 15.7 Å². The van der Waals surface area contributed by atoms with Gasteiger partial charge in [-0.15, -0.1) is 0 Å². The molecule has 1 aromatic heterocycles. The maximum atomic E-state index is 12.2. The van der Waals surface area contributed by atoms with Gasteiger partial charge in [-0.3, -0.25) is 0 Å². The summed E-state index contributed by atoms with van der Waals surface area (Å²) in [5.74, 6) is -0.0877. The number of hydrogen-bond donors (Lipinski definition) is 2. The van der Waals surface area contributed by atoms with E-state index in [1.807, 2.05) is 51.1 Å². The molecule has 1 aliphatic heterocycles. The number of carbonyl (C=O) groups is 2. The van der Waals surface area contributed by atoms with Crippen LogP contribution in [0.4, 0.5) is 10.5 Å². The van der Waals surface area contributed by atoms with Crippen molar-refractivity contribution in [3.63, 3.8) is 0 Å². The van der Waals surface area contributed by atoms with Crippen LogP contribution in [0.1, 0.15) is 55.2 Å². The van der Waals surface area contributed by atoms with Crippen LogP contribution in [0.25, 0.3) is 5.69 Å². The fourth-order valence-electron chi connectivity index (χ4n) is 3.96. The Morgan fingerprint density at radius 2 is 1.85 bits per heavy atom. The summed E-state index contributed by atoms with van der Waals surface area (Å²) in [5.41, 5.74) is 7.77. The average molecular weight is 468 g/mol. The fraction of sp³-hybridized carbons (Fsp3) is 0.480. The Labute approximate surface area is 200 Å². The van der Waals surface area contributed by atoms with E-state index in [9.17, 15) is 14.9 Å². The van der Waals surface area contributed by atoms with Crippen molar-refractivity contribution in [1.29, 1.82) is 5.26 Å². The van der Waals surface area contributed by atoms with E-state index in [4.69, 9.17) is 15.2 Å². The molecule has 3 rings (SSSR count). The smallest absolute Gasteiger partial charge is 0.410 e. The summed E-state index contributed by atoms with van der Waals surface area (Å²) in [5, 5.41) is 12.8. The number of likely N-dealkylation sites (tertiary alicyclic amines) is 1. The number of hydrogen-bond acceptors (Lipinski definition) is 7. The average Bonchev–Trinajstić information content (AvgIpc) is 3.14. The standard InChI is InChI=1S/C25H33N5O4/c1-25(2,3)34-24(32)29-11-9-18(10-12-29)15-28-14-17-5-7-20(8-6-17)30-16-19(13-26)21(27)22(30)23(31)33-4/h5-8,16,18,28H,9-12,14-15,27H2,1-4H3. The van der Waals surface area contributed by atoms with Gasteiger partial charge < -0.3 is 30.0 Å². The van der Waals surface area contributed by atoms with Gasteiger partial charge in [-0.1, -0.05) is 12.1 Å². The maximum Gasteiger partial charge on any atom is 0.410 e. The van der Waals surface area contributed by atoms with E-state index in [1.165, 1.54) is 7.11 Å². The van der Waals surface area contributed by atoms with Gasteiger partial charge in [0.1, 0.15) is 11.7 Å². The molecule has 9 nitrogen and oxygen atoms in total. The van der Waals surface area contributed by atoms with Gasteiger partial charge in [-0.05, 0) is 63.8 Å². The Morgan fingerprint density at radius 3 is 2.41 bits per heavy atom. The Bertz CT molecular complexity index is 1050. The Kier molecular flexibility index (Phi) is 7.84. The van der Waals surface area contributed by atoms with Crippen LogP contribution >= 0.6 is 0 Å². The lowest BCUT2D eigenvalue weighted by Crippen LogP contribution is -2.43. The first kappa shape index (κ1) is 25.1. The minimum atomic E-state index is -0.595. The highest BCUT2D eigenvalue weighted by Crippen LogP contribution is 2.25. The largest absolute Gasteiger partial charge is 0.464 e. The number of nitrogens with two attached hydrogens (primary N) is 1. The van der Waals surface area contributed by atoms with Gasteiger partial charge in [0, 0.05) is 31.5 Å². The number of amides is 1. The van der Waals surface area contributed by atoms with Crippen molar-refractivity contribution in [2.75, 3.05) is 32.5 Å². The normalized spacial score (nSPS) is 14.5. The molecule has 0 bridgehead atoms. The highest BCUT2D eigenvalue weighted by molar-refractivity contribution is 5.95. The first-order valence-corrected chi connectivity index (χ1v) is 11.4. The zero-order chi connectivity index (χ0) is 24.9. The van der Waals surface area contributed by atoms with Crippen LogP contribution in [0, 0.1) is 17.2 Å². The molecule has 1 aliphatic rings. The number of nitrogens with one attached hydrogen (secondary N) is 1. The summed E-state index contributed by atoms with van der Waals surface area (Å²) in [6.45, 7) is 8.63. The third-order valence-corrected chi connectivity index (χ3v) is 5.79. The first-order chi connectivity index (χ1) is 16.1. The van der Waals surface area contributed by atoms with Crippen LogP contribution in [0.2, 0.25) is 0 Å². The van der Waals surface area contributed by atoms with Crippen molar-refractivity contribution in [3.8, 4) is 11.8 Å². The maximum absolute atomic E-state index is 12.2. The molecule has 2 heterocycles. The Hall–Kier alpha value is -3.51. The molecule has 0 saturated carbocycles. The minimum Gasteiger partial charge on any atom is -0.464 e. The van der Waals surface area contributed by atoms with E-state index in [0.29, 0.717) is 31.2 Å². The molecule has 0 unspecified atom stereocenters. The number of nitriles is 1. The van der Waals surface area contributed by atoms with Crippen molar-refractivity contribution in [2.45, 2.75) is 45.8 Å². The van der Waals surface area contributed by atoms with Crippen molar-refractivity contribution in [2.24, 2.45) is 5.92 Å². The van der Waals surface area contributed by atoms with Gasteiger partial charge in [0.2, 0.25) is 0 Å². The van der Waals surface area contributed by atoms with Gasteiger partial charge in [0.25, 0.3) is 0 Å². The molecule has 0 radical (unpaired) electrons. The molecule has 0 spiro atoms. The van der Waals surface area contributed by atoms with Gasteiger partial charge in [0.15, 0.2) is 5.69 Å². The zero-order valence-electron chi connectivity index (χ0n) is 20.3. The van der Waals surface area contributed by atoms with Gasteiger partial charge >= 0.3 is 12.1 Å². The summed E-state index contributed by atoms with van der Waals surface area (Å²) in [6.07, 6.45) is 3.19. The van der Waals surface area contributed by atoms with Crippen LogP contribution in [-0.2, 0) is 16.0 Å². The van der Waals surface area contributed by atoms with E-state index in [2.05, 4.69) is 5.32 Å². The number of anilines is 1. The number of piperidine rings is 1. The third-order valence-electron chi connectivity index (χ3n) is 5.79. The number of aromatic nitrogens is 1. The van der Waals surface area contributed by atoms with Crippen LogP contribution in [0.3, 0.4) is 0 Å². The SMILES string of the molecule is COC(=O)c1c(N)c(C#N)cn1-c1ccc(CNCC2CCN(C(=O)OC(C)(C)C)CC2)cc1. The molecule has 9 heteroatoms. The van der Waals surface area contributed by atoms with E-state index < -0.39 is 11.6 Å². The van der Waals surface area contributed by atoms with Crippen molar-refractivity contribution < 1.29 is 19.1 Å². The second-order valence-electron chi connectivity index (χ2n) is 9.49. The Balaban J connectivity index is 1.52. The zero-order valence-corrected chi connectivity index (χ0v) is 20.3. The molecule has 2 aromatic rings. The molecule has 34 heavy (non-hydrogen) atoms. The van der Waals surface area contributed by atoms with Gasteiger partial charge in [0.05, 0.1) is 18.4 Å². The second-order valence-corrected chi connectivity index (χ2v) is 9.49. The van der Waals surface area contributed by atoms with Gasteiger partial charge in [-0.25, -0.2) is 9.59 Å². The lowest BCUT2D eigenvalue weighted by atomic mass is 9.97. The molecular weight excluding hydrogens is 434 g/mol. The number of methoxy groups -OCH3 is 1. The minimum absolute atomic E-state index is 0.109. The molecule has 1 saturated heterocycles. The number of carbonyl (C=O) groups excluding carboxylic acids is 2.